The minimum Gasteiger partial charge on any atom is -0.480 e. The zero-order valence-corrected chi connectivity index (χ0v) is 10.5. The second-order valence-corrected chi connectivity index (χ2v) is 4.32. The van der Waals surface area contributed by atoms with E-state index >= 15 is 0 Å². The summed E-state index contributed by atoms with van der Waals surface area (Å²) in [5, 5.41) is 11.8. The average Bonchev–Trinajstić information content (AvgIpc) is 2.15. The largest absolute Gasteiger partial charge is 0.480 e. The van der Waals surface area contributed by atoms with Crippen molar-refractivity contribution in [3.8, 4) is 0 Å². The van der Waals surface area contributed by atoms with Crippen molar-refractivity contribution in [2.75, 3.05) is 13.1 Å². The summed E-state index contributed by atoms with van der Waals surface area (Å²) in [6, 6.07) is -0.475. The number of nitrogens with zero attached hydrogens (tertiary/aromatic N) is 1. The van der Waals surface area contributed by atoms with Gasteiger partial charge in [0.25, 0.3) is 0 Å². The molecule has 5 nitrogen and oxygen atoms in total. The van der Waals surface area contributed by atoms with Gasteiger partial charge in [-0.3, -0.25) is 0 Å². The van der Waals surface area contributed by atoms with Crippen molar-refractivity contribution < 1.29 is 14.7 Å². The zero-order valence-electron chi connectivity index (χ0n) is 9.71. The molecule has 0 aliphatic rings. The summed E-state index contributed by atoms with van der Waals surface area (Å²) in [7, 11) is 0. The smallest absolute Gasteiger partial charge is 0.329 e. The van der Waals surface area contributed by atoms with E-state index in [0.29, 0.717) is 6.54 Å². The zero-order chi connectivity index (χ0) is 12.9. The van der Waals surface area contributed by atoms with Crippen molar-refractivity contribution >= 4 is 23.6 Å². The Bertz CT molecular complexity index is 302. The lowest BCUT2D eigenvalue weighted by atomic mass is 10.0. The van der Waals surface area contributed by atoms with Gasteiger partial charge >= 0.3 is 12.0 Å². The van der Waals surface area contributed by atoms with Gasteiger partial charge in [-0.1, -0.05) is 18.2 Å². The van der Waals surface area contributed by atoms with Gasteiger partial charge in [0, 0.05) is 11.6 Å². The predicted molar refractivity (Wildman–Crippen MR) is 62.5 cm³/mol. The maximum absolute atomic E-state index is 11.7. The Labute approximate surface area is 100 Å². The van der Waals surface area contributed by atoms with Gasteiger partial charge in [-0.05, 0) is 20.8 Å². The second-order valence-electron chi connectivity index (χ2n) is 3.78. The summed E-state index contributed by atoms with van der Waals surface area (Å²) in [6.45, 7) is 8.48. The minimum atomic E-state index is -1.26. The lowest BCUT2D eigenvalue weighted by Gasteiger charge is -2.34. The van der Waals surface area contributed by atoms with Gasteiger partial charge in [-0.25, -0.2) is 9.59 Å². The number of urea groups is 1. The minimum absolute atomic E-state index is 0.118. The van der Waals surface area contributed by atoms with E-state index < -0.39 is 17.5 Å². The number of nitrogens with one attached hydrogen (secondary N) is 1. The van der Waals surface area contributed by atoms with Gasteiger partial charge in [-0.15, -0.1) is 0 Å². The van der Waals surface area contributed by atoms with Gasteiger partial charge in [0.05, 0.1) is 6.54 Å². The molecule has 16 heavy (non-hydrogen) atoms. The third-order valence-corrected chi connectivity index (χ3v) is 2.32. The van der Waals surface area contributed by atoms with Crippen LogP contribution in [0.3, 0.4) is 0 Å². The van der Waals surface area contributed by atoms with E-state index in [1.54, 1.807) is 6.92 Å². The van der Waals surface area contributed by atoms with E-state index in [0.717, 1.165) is 0 Å². The third-order valence-electron chi connectivity index (χ3n) is 2.19. The molecule has 0 saturated heterocycles. The normalized spacial score (nSPS) is 10.8. The van der Waals surface area contributed by atoms with Crippen LogP contribution in [0.4, 0.5) is 4.79 Å². The maximum Gasteiger partial charge on any atom is 0.329 e. The van der Waals surface area contributed by atoms with Crippen molar-refractivity contribution in [3.05, 3.63) is 11.6 Å². The summed E-state index contributed by atoms with van der Waals surface area (Å²) in [4.78, 5) is 23.9. The Morgan fingerprint density at radius 3 is 2.31 bits per heavy atom. The molecule has 0 aliphatic carbocycles. The van der Waals surface area contributed by atoms with E-state index in [9.17, 15) is 9.59 Å². The van der Waals surface area contributed by atoms with Crippen molar-refractivity contribution in [2.45, 2.75) is 26.3 Å². The molecule has 6 heteroatoms. The van der Waals surface area contributed by atoms with Crippen LogP contribution in [0.1, 0.15) is 20.8 Å². The molecule has 0 bridgehead atoms. The van der Waals surface area contributed by atoms with E-state index in [-0.39, 0.29) is 11.6 Å². The number of carboxylic acids is 1. The van der Waals surface area contributed by atoms with Crippen LogP contribution in [-0.2, 0) is 4.79 Å². The third kappa shape index (κ3) is 3.73. The fourth-order valence-electron chi connectivity index (χ4n) is 1.18. The molecule has 0 aliphatic heterocycles. The molecular weight excluding hydrogens is 232 g/mol. The fraction of sp³-hybridized carbons (Fsp3) is 0.600. The van der Waals surface area contributed by atoms with Gasteiger partial charge in [-0.2, -0.15) is 0 Å². The van der Waals surface area contributed by atoms with Crippen LogP contribution in [-0.4, -0.2) is 40.6 Å². The van der Waals surface area contributed by atoms with Crippen molar-refractivity contribution in [3.63, 3.8) is 0 Å². The SMILES string of the molecule is C=C(Cl)CNC(=O)N(CC)C(C)(C)C(=O)O. The first-order chi connectivity index (χ1) is 7.23. The first-order valence-corrected chi connectivity index (χ1v) is 5.23. The molecule has 2 N–H and O–H groups in total. The number of hydrogen-bond acceptors (Lipinski definition) is 2. The van der Waals surface area contributed by atoms with Crippen LogP contribution in [0.2, 0.25) is 0 Å². The van der Waals surface area contributed by atoms with E-state index in [1.807, 2.05) is 0 Å². The molecule has 0 atom stereocenters. The number of carbonyl (C=O) groups excluding carboxylic acids is 1. The van der Waals surface area contributed by atoms with E-state index in [4.69, 9.17) is 16.7 Å². The van der Waals surface area contributed by atoms with Crippen LogP contribution in [0.5, 0.6) is 0 Å². The number of aliphatic carboxylic acids is 1. The first-order valence-electron chi connectivity index (χ1n) is 4.85. The molecule has 0 aromatic heterocycles. The number of likely N-dealkylation sites (N-methyl/N-ethyl adjacent to an activating group) is 1. The summed E-state index contributed by atoms with van der Waals surface area (Å²) in [6.07, 6.45) is 0. The summed E-state index contributed by atoms with van der Waals surface area (Å²) >= 11 is 5.50. The molecule has 0 rings (SSSR count). The van der Waals surface area contributed by atoms with Gasteiger partial charge < -0.3 is 15.3 Å². The number of hydrogen-bond donors (Lipinski definition) is 2. The molecule has 0 heterocycles. The fourth-order valence-corrected chi connectivity index (χ4v) is 1.24. The summed E-state index contributed by atoms with van der Waals surface area (Å²) in [5.74, 6) is -1.06. The molecule has 2 amide bonds. The number of amides is 2. The van der Waals surface area contributed by atoms with Crippen molar-refractivity contribution in [2.24, 2.45) is 0 Å². The quantitative estimate of drug-likeness (QED) is 0.777. The van der Waals surface area contributed by atoms with Gasteiger partial charge in [0.15, 0.2) is 0 Å². The number of carboxylic acid groups (broad SMARTS) is 1. The Hall–Kier alpha value is -1.23. The maximum atomic E-state index is 11.7. The van der Waals surface area contributed by atoms with Crippen LogP contribution >= 0.6 is 11.6 Å². The second kappa shape index (κ2) is 5.75. The summed E-state index contributed by atoms with van der Waals surface area (Å²) in [5.41, 5.74) is -1.26. The molecule has 0 unspecified atom stereocenters. The molecular formula is C10H17ClN2O3. The van der Waals surface area contributed by atoms with Crippen molar-refractivity contribution in [1.29, 1.82) is 0 Å². The monoisotopic (exact) mass is 248 g/mol. The number of halogens is 1. The molecule has 0 aromatic rings. The Balaban J connectivity index is 4.67. The average molecular weight is 249 g/mol. The Kier molecular flexibility index (Phi) is 5.30. The molecule has 0 spiro atoms. The van der Waals surface area contributed by atoms with Gasteiger partial charge in [0.2, 0.25) is 0 Å². The van der Waals surface area contributed by atoms with E-state index in [1.165, 1.54) is 18.7 Å². The predicted octanol–water partition coefficient (Wildman–Crippen LogP) is 1.63. The number of rotatable bonds is 5. The standard InChI is InChI=1S/C10H17ClN2O3/c1-5-13(10(3,4)8(14)15)9(16)12-6-7(2)11/h2,5-6H2,1,3-4H3,(H,12,16)(H,14,15). The molecule has 0 fully saturated rings. The van der Waals surface area contributed by atoms with Crippen molar-refractivity contribution in [1.82, 2.24) is 10.2 Å². The van der Waals surface area contributed by atoms with Crippen LogP contribution in [0.15, 0.2) is 11.6 Å². The Morgan fingerprint density at radius 1 is 1.50 bits per heavy atom. The van der Waals surface area contributed by atoms with Gasteiger partial charge in [0.1, 0.15) is 5.54 Å². The highest BCUT2D eigenvalue weighted by molar-refractivity contribution is 6.29. The topological polar surface area (TPSA) is 69.6 Å². The molecule has 0 aromatic carbocycles. The summed E-state index contributed by atoms with van der Waals surface area (Å²) < 4.78 is 0. The first kappa shape index (κ1) is 14.8. The lowest BCUT2D eigenvalue weighted by molar-refractivity contribution is -0.147. The molecule has 0 radical (unpaired) electrons. The highest BCUT2D eigenvalue weighted by Crippen LogP contribution is 2.14. The van der Waals surface area contributed by atoms with E-state index in [2.05, 4.69) is 11.9 Å². The highest BCUT2D eigenvalue weighted by Gasteiger charge is 2.36. The molecule has 0 saturated carbocycles. The van der Waals surface area contributed by atoms with Crippen LogP contribution in [0.25, 0.3) is 0 Å². The van der Waals surface area contributed by atoms with Crippen LogP contribution in [0, 0.1) is 0 Å². The highest BCUT2D eigenvalue weighted by atomic mass is 35.5. The lowest BCUT2D eigenvalue weighted by Crippen LogP contribution is -2.56. The number of carbonyl (C=O) groups is 2. The molecule has 92 valence electrons. The Morgan fingerprint density at radius 2 is 2.00 bits per heavy atom. The van der Waals surface area contributed by atoms with Crippen LogP contribution < -0.4 is 5.32 Å².